The Morgan fingerprint density at radius 1 is 1.50 bits per heavy atom. The molecule has 0 aromatic heterocycles. The molecule has 1 aromatic rings. The van der Waals surface area contributed by atoms with Gasteiger partial charge in [0.1, 0.15) is 0 Å². The molecule has 4 heteroatoms. The van der Waals surface area contributed by atoms with Crippen LogP contribution in [0, 0.1) is 17.2 Å². The highest BCUT2D eigenvalue weighted by atomic mass is 35.5. The van der Waals surface area contributed by atoms with E-state index in [2.05, 4.69) is 0 Å². The first-order valence-corrected chi connectivity index (χ1v) is 5.72. The van der Waals surface area contributed by atoms with Gasteiger partial charge in [-0.25, -0.2) is 0 Å². The average molecular weight is 256 g/mol. The summed E-state index contributed by atoms with van der Waals surface area (Å²) in [4.78, 5) is 12.0. The van der Waals surface area contributed by atoms with Crippen LogP contribution < -0.4 is 0 Å². The number of carbonyl (C=O) groups is 1. The zero-order chi connectivity index (χ0) is 12.1. The smallest absolute Gasteiger partial charge is 0.168 e. The van der Waals surface area contributed by atoms with Crippen LogP contribution in [-0.4, -0.2) is 5.78 Å². The summed E-state index contributed by atoms with van der Waals surface area (Å²) in [7, 11) is 0. The maximum atomic E-state index is 12.0. The normalized spacial score (nSPS) is 11.9. The minimum atomic E-state index is -0.305. The molecule has 16 heavy (non-hydrogen) atoms. The fraction of sp³-hybridized carbons (Fsp3) is 0.333. The van der Waals surface area contributed by atoms with E-state index < -0.39 is 0 Å². The predicted octanol–water partition coefficient (Wildman–Crippen LogP) is 4.12. The lowest BCUT2D eigenvalue weighted by Gasteiger charge is -2.11. The zero-order valence-corrected chi connectivity index (χ0v) is 10.3. The number of hydrogen-bond acceptors (Lipinski definition) is 2. The average Bonchev–Trinajstić information content (AvgIpc) is 2.29. The molecular weight excluding hydrogens is 245 g/mol. The Bertz CT molecular complexity index is 437. The summed E-state index contributed by atoms with van der Waals surface area (Å²) in [5.41, 5.74) is 0.399. The maximum Gasteiger partial charge on any atom is 0.168 e. The van der Waals surface area contributed by atoms with Crippen molar-refractivity contribution in [3.8, 4) is 6.07 Å². The number of ketones is 1. The SMILES string of the molecule is CCC(CC#N)C(=O)c1cccc(Cl)c1Cl. The molecule has 0 aliphatic rings. The molecule has 84 valence electrons. The van der Waals surface area contributed by atoms with E-state index in [1.807, 2.05) is 13.0 Å². The minimum absolute atomic E-state index is 0.114. The molecule has 0 N–H and O–H groups in total. The lowest BCUT2D eigenvalue weighted by atomic mass is 9.93. The summed E-state index contributed by atoms with van der Waals surface area (Å²) in [5, 5.41) is 9.26. The van der Waals surface area contributed by atoms with Gasteiger partial charge in [-0.3, -0.25) is 4.79 Å². The van der Waals surface area contributed by atoms with Gasteiger partial charge in [0.25, 0.3) is 0 Å². The molecule has 0 aliphatic heterocycles. The molecule has 0 heterocycles. The monoisotopic (exact) mass is 255 g/mol. The number of halogens is 2. The number of carbonyl (C=O) groups excluding carboxylic acids is 1. The van der Waals surface area contributed by atoms with Crippen LogP contribution in [0.1, 0.15) is 30.1 Å². The highest BCUT2D eigenvalue weighted by molar-refractivity contribution is 6.43. The number of nitrogens with zero attached hydrogens (tertiary/aromatic N) is 1. The van der Waals surface area contributed by atoms with Gasteiger partial charge in [0.05, 0.1) is 16.1 Å². The van der Waals surface area contributed by atoms with Crippen LogP contribution in [0.25, 0.3) is 0 Å². The second-order valence-corrected chi connectivity index (χ2v) is 4.22. The van der Waals surface area contributed by atoms with E-state index >= 15 is 0 Å². The Morgan fingerprint density at radius 2 is 2.19 bits per heavy atom. The van der Waals surface area contributed by atoms with Gasteiger partial charge in [-0.1, -0.05) is 36.2 Å². The molecule has 2 nitrogen and oxygen atoms in total. The summed E-state index contributed by atoms with van der Waals surface area (Å²) in [6.07, 6.45) is 0.827. The molecule has 0 amide bonds. The van der Waals surface area contributed by atoms with Gasteiger partial charge >= 0.3 is 0 Å². The van der Waals surface area contributed by atoms with Crippen molar-refractivity contribution in [3.63, 3.8) is 0 Å². The summed E-state index contributed by atoms with van der Waals surface area (Å²) < 4.78 is 0. The van der Waals surface area contributed by atoms with E-state index in [0.717, 1.165) is 0 Å². The van der Waals surface area contributed by atoms with E-state index in [-0.39, 0.29) is 23.1 Å². The van der Waals surface area contributed by atoms with Crippen molar-refractivity contribution in [1.29, 1.82) is 5.26 Å². The van der Waals surface area contributed by atoms with Gasteiger partial charge in [0.15, 0.2) is 5.78 Å². The summed E-state index contributed by atoms with van der Waals surface area (Å²) >= 11 is 11.8. The largest absolute Gasteiger partial charge is 0.294 e. The molecule has 0 saturated heterocycles. The van der Waals surface area contributed by atoms with Gasteiger partial charge in [0.2, 0.25) is 0 Å². The predicted molar refractivity (Wildman–Crippen MR) is 64.8 cm³/mol. The first-order chi connectivity index (χ1) is 7.61. The van der Waals surface area contributed by atoms with Crippen LogP contribution in [0.3, 0.4) is 0 Å². The standard InChI is InChI=1S/C12H11Cl2NO/c1-2-8(6-7-15)12(16)9-4-3-5-10(13)11(9)14/h3-5,8H,2,6H2,1H3. The molecule has 0 saturated carbocycles. The van der Waals surface area contributed by atoms with Gasteiger partial charge < -0.3 is 0 Å². The lowest BCUT2D eigenvalue weighted by molar-refractivity contribution is 0.0919. The van der Waals surface area contributed by atoms with Gasteiger partial charge in [-0.2, -0.15) is 5.26 Å². The second-order valence-electron chi connectivity index (χ2n) is 3.43. The first kappa shape index (κ1) is 13.0. The summed E-state index contributed by atoms with van der Waals surface area (Å²) in [5.74, 6) is -0.419. The molecule has 0 radical (unpaired) electrons. The van der Waals surface area contributed by atoms with Gasteiger partial charge in [-0.15, -0.1) is 0 Å². The van der Waals surface area contributed by atoms with Crippen molar-refractivity contribution in [2.24, 2.45) is 5.92 Å². The fourth-order valence-electron chi connectivity index (χ4n) is 1.45. The maximum absolute atomic E-state index is 12.0. The van der Waals surface area contributed by atoms with Crippen molar-refractivity contribution < 1.29 is 4.79 Å². The minimum Gasteiger partial charge on any atom is -0.294 e. The van der Waals surface area contributed by atoms with Crippen LogP contribution in [-0.2, 0) is 0 Å². The van der Waals surface area contributed by atoms with Crippen molar-refractivity contribution in [3.05, 3.63) is 33.8 Å². The highest BCUT2D eigenvalue weighted by Crippen LogP contribution is 2.28. The van der Waals surface area contributed by atoms with Crippen molar-refractivity contribution >= 4 is 29.0 Å². The zero-order valence-electron chi connectivity index (χ0n) is 8.84. The van der Waals surface area contributed by atoms with E-state index in [1.54, 1.807) is 18.2 Å². The Hall–Kier alpha value is -1.04. The third-order valence-electron chi connectivity index (χ3n) is 2.42. The van der Waals surface area contributed by atoms with Crippen molar-refractivity contribution in [2.75, 3.05) is 0 Å². The molecule has 1 atom stereocenters. The highest BCUT2D eigenvalue weighted by Gasteiger charge is 2.21. The summed E-state index contributed by atoms with van der Waals surface area (Å²) in [6.45, 7) is 1.87. The molecule has 1 aromatic carbocycles. The third-order valence-corrected chi connectivity index (χ3v) is 3.24. The molecule has 0 fully saturated rings. The van der Waals surface area contributed by atoms with E-state index in [9.17, 15) is 4.79 Å². The number of benzene rings is 1. The van der Waals surface area contributed by atoms with Crippen LogP contribution in [0.2, 0.25) is 10.0 Å². The second kappa shape index (κ2) is 5.89. The Labute approximate surface area is 105 Å². The molecular formula is C12H11Cl2NO. The Kier molecular flexibility index (Phi) is 4.79. The van der Waals surface area contributed by atoms with Gasteiger partial charge in [-0.05, 0) is 18.6 Å². The van der Waals surface area contributed by atoms with Crippen molar-refractivity contribution in [2.45, 2.75) is 19.8 Å². The molecule has 1 rings (SSSR count). The van der Waals surface area contributed by atoms with E-state index in [0.29, 0.717) is 17.0 Å². The quantitative estimate of drug-likeness (QED) is 0.760. The Morgan fingerprint density at radius 3 is 2.75 bits per heavy atom. The summed E-state index contributed by atoms with van der Waals surface area (Å²) in [6, 6.07) is 6.95. The van der Waals surface area contributed by atoms with E-state index in [4.69, 9.17) is 28.5 Å². The van der Waals surface area contributed by atoms with E-state index in [1.165, 1.54) is 0 Å². The number of rotatable bonds is 4. The van der Waals surface area contributed by atoms with Crippen LogP contribution in [0.15, 0.2) is 18.2 Å². The van der Waals surface area contributed by atoms with Crippen LogP contribution in [0.5, 0.6) is 0 Å². The molecule has 0 bridgehead atoms. The van der Waals surface area contributed by atoms with Crippen LogP contribution >= 0.6 is 23.2 Å². The Balaban J connectivity index is 3.05. The molecule has 1 unspecified atom stereocenters. The van der Waals surface area contributed by atoms with Gasteiger partial charge in [0, 0.05) is 17.9 Å². The third kappa shape index (κ3) is 2.75. The topological polar surface area (TPSA) is 40.9 Å². The molecule has 0 spiro atoms. The van der Waals surface area contributed by atoms with Crippen molar-refractivity contribution in [1.82, 2.24) is 0 Å². The number of nitriles is 1. The fourth-order valence-corrected chi connectivity index (χ4v) is 1.84. The first-order valence-electron chi connectivity index (χ1n) is 4.97. The lowest BCUT2D eigenvalue weighted by Crippen LogP contribution is -2.14. The van der Waals surface area contributed by atoms with Crippen LogP contribution in [0.4, 0.5) is 0 Å². The number of hydrogen-bond donors (Lipinski definition) is 0. The number of Topliss-reactive ketones (excluding diaryl/α,β-unsaturated/α-hetero) is 1. The molecule has 0 aliphatic carbocycles.